The van der Waals surface area contributed by atoms with Gasteiger partial charge in [0.15, 0.2) is 5.78 Å². The SMILES string of the molecule is O=C1CC(CN2CCC(N3CCC(O)CC3)CC2)NCC1O. The number of rotatable bonds is 3. The van der Waals surface area contributed by atoms with Gasteiger partial charge in [-0.3, -0.25) is 4.79 Å². The molecule has 3 aliphatic rings. The van der Waals surface area contributed by atoms with Gasteiger partial charge in [0.05, 0.1) is 6.10 Å². The minimum Gasteiger partial charge on any atom is -0.393 e. The quantitative estimate of drug-likeness (QED) is 0.634. The fourth-order valence-electron chi connectivity index (χ4n) is 4.00. The first-order valence-electron chi connectivity index (χ1n) is 8.70. The highest BCUT2D eigenvalue weighted by atomic mass is 16.3. The lowest BCUT2D eigenvalue weighted by Gasteiger charge is -2.42. The summed E-state index contributed by atoms with van der Waals surface area (Å²) in [6, 6.07) is 0.851. The molecule has 3 aliphatic heterocycles. The maximum Gasteiger partial charge on any atom is 0.164 e. The van der Waals surface area contributed by atoms with Crippen molar-refractivity contribution in [2.45, 2.75) is 56.4 Å². The first-order valence-corrected chi connectivity index (χ1v) is 8.70. The van der Waals surface area contributed by atoms with Crippen molar-refractivity contribution >= 4 is 5.78 Å². The van der Waals surface area contributed by atoms with Gasteiger partial charge in [-0.2, -0.15) is 0 Å². The molecular weight excluding hydrogens is 282 g/mol. The third-order valence-electron chi connectivity index (χ3n) is 5.47. The molecule has 0 radical (unpaired) electrons. The lowest BCUT2D eigenvalue weighted by atomic mass is 9.97. The van der Waals surface area contributed by atoms with E-state index in [-0.39, 0.29) is 17.9 Å². The molecule has 3 rings (SSSR count). The second kappa shape index (κ2) is 7.36. The van der Waals surface area contributed by atoms with Crippen molar-refractivity contribution in [2.75, 3.05) is 39.3 Å². The standard InChI is InChI=1S/C16H29N3O3/c20-14-3-7-19(8-4-14)13-1-5-18(6-2-13)11-12-9-15(21)16(22)10-17-12/h12-14,16-17,20,22H,1-11H2. The predicted octanol–water partition coefficient (Wildman–Crippen LogP) is -0.801. The minimum atomic E-state index is -0.809. The van der Waals surface area contributed by atoms with Gasteiger partial charge in [-0.25, -0.2) is 0 Å². The zero-order valence-corrected chi connectivity index (χ0v) is 13.3. The van der Waals surface area contributed by atoms with Crippen molar-refractivity contribution in [3.63, 3.8) is 0 Å². The zero-order valence-electron chi connectivity index (χ0n) is 13.3. The van der Waals surface area contributed by atoms with E-state index in [4.69, 9.17) is 0 Å². The predicted molar refractivity (Wildman–Crippen MR) is 83.7 cm³/mol. The topological polar surface area (TPSA) is 76.0 Å². The molecule has 0 amide bonds. The Morgan fingerprint density at radius 2 is 1.73 bits per heavy atom. The molecule has 0 bridgehead atoms. The number of hydrogen-bond acceptors (Lipinski definition) is 6. The van der Waals surface area contributed by atoms with Crippen LogP contribution in [0.25, 0.3) is 0 Å². The number of Topliss-reactive ketones (excluding diaryl/α,β-unsaturated/α-hetero) is 1. The Labute approximate surface area is 132 Å². The van der Waals surface area contributed by atoms with E-state index in [2.05, 4.69) is 15.1 Å². The molecule has 22 heavy (non-hydrogen) atoms. The maximum absolute atomic E-state index is 11.6. The van der Waals surface area contributed by atoms with Crippen LogP contribution in [0.1, 0.15) is 32.1 Å². The molecule has 126 valence electrons. The van der Waals surface area contributed by atoms with Crippen LogP contribution in [0.4, 0.5) is 0 Å². The average molecular weight is 311 g/mol. The van der Waals surface area contributed by atoms with Gasteiger partial charge in [0.25, 0.3) is 0 Å². The Morgan fingerprint density at radius 1 is 1.05 bits per heavy atom. The van der Waals surface area contributed by atoms with Gasteiger partial charge in [-0.05, 0) is 38.8 Å². The van der Waals surface area contributed by atoms with E-state index in [0.29, 0.717) is 19.0 Å². The molecule has 3 N–H and O–H groups in total. The van der Waals surface area contributed by atoms with Crippen molar-refractivity contribution in [2.24, 2.45) is 0 Å². The summed E-state index contributed by atoms with van der Waals surface area (Å²) in [5, 5.41) is 22.3. The monoisotopic (exact) mass is 311 g/mol. The van der Waals surface area contributed by atoms with Crippen LogP contribution < -0.4 is 5.32 Å². The Kier molecular flexibility index (Phi) is 5.46. The van der Waals surface area contributed by atoms with Gasteiger partial charge in [-0.1, -0.05) is 0 Å². The van der Waals surface area contributed by atoms with Crippen LogP contribution in [-0.4, -0.2) is 89.4 Å². The van der Waals surface area contributed by atoms with Crippen LogP contribution in [0.5, 0.6) is 0 Å². The van der Waals surface area contributed by atoms with Crippen LogP contribution in [0.15, 0.2) is 0 Å². The van der Waals surface area contributed by atoms with Crippen LogP contribution in [0.2, 0.25) is 0 Å². The van der Waals surface area contributed by atoms with Crippen molar-refractivity contribution < 1.29 is 15.0 Å². The Morgan fingerprint density at radius 3 is 2.36 bits per heavy atom. The molecule has 0 aromatic heterocycles. The number of β-amino-alcohol motifs (C(OH)–C–C–N with tert-alkyl or cyclic N) is 1. The molecule has 2 atom stereocenters. The van der Waals surface area contributed by atoms with E-state index in [9.17, 15) is 15.0 Å². The number of aliphatic hydroxyl groups excluding tert-OH is 2. The number of hydrogen-bond donors (Lipinski definition) is 3. The molecule has 3 saturated heterocycles. The number of nitrogens with zero attached hydrogens (tertiary/aromatic N) is 2. The van der Waals surface area contributed by atoms with Crippen LogP contribution >= 0.6 is 0 Å². The molecule has 3 heterocycles. The Bertz CT molecular complexity index is 377. The highest BCUT2D eigenvalue weighted by Crippen LogP contribution is 2.21. The lowest BCUT2D eigenvalue weighted by molar-refractivity contribution is -0.129. The van der Waals surface area contributed by atoms with E-state index in [1.54, 1.807) is 0 Å². The highest BCUT2D eigenvalue weighted by molar-refractivity contribution is 5.84. The summed E-state index contributed by atoms with van der Waals surface area (Å²) in [6.45, 7) is 5.53. The van der Waals surface area contributed by atoms with E-state index in [1.165, 1.54) is 12.8 Å². The highest BCUT2D eigenvalue weighted by Gasteiger charge is 2.31. The number of ketones is 1. The number of nitrogens with one attached hydrogen (secondary N) is 1. The van der Waals surface area contributed by atoms with Crippen molar-refractivity contribution in [1.82, 2.24) is 15.1 Å². The molecule has 0 aliphatic carbocycles. The average Bonchev–Trinajstić information content (AvgIpc) is 2.53. The van der Waals surface area contributed by atoms with Crippen LogP contribution in [0, 0.1) is 0 Å². The number of carbonyl (C=O) groups is 1. The first kappa shape index (κ1) is 16.3. The summed E-state index contributed by atoms with van der Waals surface area (Å²) >= 11 is 0. The second-order valence-electron chi connectivity index (χ2n) is 7.09. The molecule has 6 nitrogen and oxygen atoms in total. The molecular formula is C16H29N3O3. The fourth-order valence-corrected chi connectivity index (χ4v) is 4.00. The fraction of sp³-hybridized carbons (Fsp3) is 0.938. The summed E-state index contributed by atoms with van der Waals surface area (Å²) in [7, 11) is 0. The zero-order chi connectivity index (χ0) is 15.5. The molecule has 2 unspecified atom stereocenters. The maximum atomic E-state index is 11.6. The summed E-state index contributed by atoms with van der Waals surface area (Å²) in [6.07, 6.45) is 3.73. The second-order valence-corrected chi connectivity index (χ2v) is 7.09. The van der Waals surface area contributed by atoms with Gasteiger partial charge in [0.1, 0.15) is 6.10 Å². The smallest absolute Gasteiger partial charge is 0.164 e. The number of carbonyl (C=O) groups excluding carboxylic acids is 1. The summed E-state index contributed by atoms with van der Waals surface area (Å²) in [4.78, 5) is 16.6. The Hall–Kier alpha value is -0.530. The molecule has 0 aromatic carbocycles. The third-order valence-corrected chi connectivity index (χ3v) is 5.47. The normalized spacial score (nSPS) is 34.2. The molecule has 0 spiro atoms. The van der Waals surface area contributed by atoms with Crippen LogP contribution in [0.3, 0.4) is 0 Å². The van der Waals surface area contributed by atoms with E-state index >= 15 is 0 Å². The van der Waals surface area contributed by atoms with Gasteiger partial charge < -0.3 is 25.3 Å². The molecule has 0 saturated carbocycles. The van der Waals surface area contributed by atoms with Gasteiger partial charge in [0.2, 0.25) is 0 Å². The molecule has 6 heteroatoms. The number of aliphatic hydroxyl groups is 2. The Balaban J connectivity index is 1.39. The molecule has 0 aromatic rings. The van der Waals surface area contributed by atoms with Crippen molar-refractivity contribution in [3.05, 3.63) is 0 Å². The van der Waals surface area contributed by atoms with Crippen LogP contribution in [-0.2, 0) is 4.79 Å². The third kappa shape index (κ3) is 4.06. The van der Waals surface area contributed by atoms with E-state index < -0.39 is 6.10 Å². The van der Waals surface area contributed by atoms with Crippen molar-refractivity contribution in [3.8, 4) is 0 Å². The number of piperidine rings is 3. The lowest BCUT2D eigenvalue weighted by Crippen LogP contribution is -2.54. The van der Waals surface area contributed by atoms with E-state index in [0.717, 1.165) is 45.6 Å². The van der Waals surface area contributed by atoms with Gasteiger partial charge >= 0.3 is 0 Å². The summed E-state index contributed by atoms with van der Waals surface area (Å²) in [5.74, 6) is -0.0227. The van der Waals surface area contributed by atoms with Crippen molar-refractivity contribution in [1.29, 1.82) is 0 Å². The van der Waals surface area contributed by atoms with Gasteiger partial charge in [0, 0.05) is 44.7 Å². The first-order chi connectivity index (χ1) is 10.6. The number of likely N-dealkylation sites (tertiary alicyclic amines) is 2. The summed E-state index contributed by atoms with van der Waals surface area (Å²) < 4.78 is 0. The minimum absolute atomic E-state index is 0.0227. The largest absolute Gasteiger partial charge is 0.393 e. The van der Waals surface area contributed by atoms with E-state index in [1.807, 2.05) is 0 Å². The molecule has 3 fully saturated rings. The summed E-state index contributed by atoms with van der Waals surface area (Å²) in [5.41, 5.74) is 0. The van der Waals surface area contributed by atoms with Gasteiger partial charge in [-0.15, -0.1) is 0 Å².